The van der Waals surface area contributed by atoms with Crippen LogP contribution in [0.15, 0.2) is 12.2 Å². The Morgan fingerprint density at radius 1 is 0.800 bits per heavy atom. The Bertz CT molecular complexity index is 581. The standard InChI is InChI=1S/C12H6Cl6O2/c13-8-3-9(8,14)11(16)7-5(20)2-1-4(19)6(7)10(8,15)12(11,17)18/h1-2,6-7H,3H2. The van der Waals surface area contributed by atoms with Crippen LogP contribution in [0.5, 0.6) is 0 Å². The summed E-state index contributed by atoms with van der Waals surface area (Å²) >= 11 is 39.2. The molecule has 4 aliphatic carbocycles. The van der Waals surface area contributed by atoms with Crippen LogP contribution in [0.2, 0.25) is 0 Å². The number of alkyl halides is 6. The summed E-state index contributed by atoms with van der Waals surface area (Å²) in [6.45, 7) is 0. The molecule has 0 amide bonds. The van der Waals surface area contributed by atoms with Gasteiger partial charge in [0.2, 0.25) is 0 Å². The van der Waals surface area contributed by atoms with Crippen LogP contribution in [0, 0.1) is 11.8 Å². The highest BCUT2D eigenvalue weighted by atomic mass is 35.5. The van der Waals surface area contributed by atoms with Crippen molar-refractivity contribution in [2.45, 2.75) is 30.3 Å². The fourth-order valence-corrected chi connectivity index (χ4v) is 8.28. The lowest BCUT2D eigenvalue weighted by atomic mass is 9.71. The summed E-state index contributed by atoms with van der Waals surface area (Å²) in [7, 11) is 0. The van der Waals surface area contributed by atoms with Crippen LogP contribution in [-0.2, 0) is 9.59 Å². The van der Waals surface area contributed by atoms with E-state index in [2.05, 4.69) is 0 Å². The molecule has 6 atom stereocenters. The maximum Gasteiger partial charge on any atom is 0.161 e. The molecule has 0 aromatic rings. The topological polar surface area (TPSA) is 34.1 Å². The van der Waals surface area contributed by atoms with E-state index in [1.54, 1.807) is 0 Å². The van der Waals surface area contributed by atoms with Crippen molar-refractivity contribution in [3.8, 4) is 0 Å². The number of fused-ring (bicyclic) bond motifs is 8. The Morgan fingerprint density at radius 2 is 1.15 bits per heavy atom. The molecule has 4 aliphatic rings. The number of hydrogen-bond donors (Lipinski definition) is 0. The van der Waals surface area contributed by atoms with E-state index in [1.165, 1.54) is 12.2 Å². The van der Waals surface area contributed by atoms with Crippen molar-refractivity contribution in [3.05, 3.63) is 12.2 Å². The molecule has 0 spiro atoms. The molecular weight excluding hydrogens is 389 g/mol. The van der Waals surface area contributed by atoms with E-state index in [4.69, 9.17) is 69.6 Å². The SMILES string of the molecule is O=C1C=CC(=O)C2C1C1(Cl)C(Cl)(Cl)C2(Cl)C2(Cl)CC21Cl. The zero-order chi connectivity index (χ0) is 14.9. The van der Waals surface area contributed by atoms with Gasteiger partial charge in [0.05, 0.1) is 21.6 Å². The van der Waals surface area contributed by atoms with Gasteiger partial charge in [-0.05, 0) is 18.6 Å². The second-order valence-corrected chi connectivity index (χ2v) is 9.68. The summed E-state index contributed by atoms with van der Waals surface area (Å²) < 4.78 is -1.78. The first-order valence-corrected chi connectivity index (χ1v) is 8.17. The van der Waals surface area contributed by atoms with Crippen LogP contribution in [0.4, 0.5) is 0 Å². The monoisotopic (exact) mass is 392 g/mol. The van der Waals surface area contributed by atoms with Crippen molar-refractivity contribution in [2.24, 2.45) is 11.8 Å². The number of allylic oxidation sites excluding steroid dienone is 2. The first-order chi connectivity index (χ1) is 9.01. The molecule has 0 radical (unpaired) electrons. The molecule has 8 heteroatoms. The average molecular weight is 395 g/mol. The van der Waals surface area contributed by atoms with Crippen LogP contribution in [-0.4, -0.2) is 35.4 Å². The van der Waals surface area contributed by atoms with Crippen molar-refractivity contribution in [2.75, 3.05) is 0 Å². The van der Waals surface area contributed by atoms with Gasteiger partial charge in [-0.25, -0.2) is 0 Å². The molecule has 2 nitrogen and oxygen atoms in total. The Labute approximate surface area is 144 Å². The van der Waals surface area contributed by atoms with E-state index in [1.807, 2.05) is 0 Å². The average Bonchev–Trinajstić information content (AvgIpc) is 2.88. The maximum atomic E-state index is 12.3. The number of halogens is 6. The summed E-state index contributed by atoms with van der Waals surface area (Å²) in [6, 6.07) is 0. The summed E-state index contributed by atoms with van der Waals surface area (Å²) in [5, 5.41) is 0. The van der Waals surface area contributed by atoms with Gasteiger partial charge in [-0.15, -0.1) is 46.4 Å². The summed E-state index contributed by atoms with van der Waals surface area (Å²) in [5.41, 5.74) is 0. The fraction of sp³-hybridized carbons (Fsp3) is 0.667. The van der Waals surface area contributed by atoms with Gasteiger partial charge in [-0.1, -0.05) is 23.2 Å². The third-order valence-electron chi connectivity index (χ3n) is 5.27. The van der Waals surface area contributed by atoms with E-state index >= 15 is 0 Å². The van der Waals surface area contributed by atoms with Crippen molar-refractivity contribution in [3.63, 3.8) is 0 Å². The van der Waals surface area contributed by atoms with E-state index in [9.17, 15) is 9.59 Å². The smallest absolute Gasteiger partial charge is 0.161 e. The molecule has 3 fully saturated rings. The highest BCUT2D eigenvalue weighted by Gasteiger charge is 3.04. The number of carbonyl (C=O) groups excluding carboxylic acids is 2. The molecular formula is C12H6Cl6O2. The molecule has 0 heterocycles. The van der Waals surface area contributed by atoms with Crippen LogP contribution < -0.4 is 0 Å². The van der Waals surface area contributed by atoms with Crippen molar-refractivity contribution >= 4 is 81.2 Å². The first-order valence-electron chi connectivity index (χ1n) is 5.90. The minimum atomic E-state index is -1.78. The summed E-state index contributed by atoms with van der Waals surface area (Å²) in [4.78, 5) is 19.0. The number of hydrogen-bond acceptors (Lipinski definition) is 2. The highest BCUT2D eigenvalue weighted by Crippen LogP contribution is 2.91. The highest BCUT2D eigenvalue weighted by molar-refractivity contribution is 6.66. The van der Waals surface area contributed by atoms with Crippen LogP contribution in [0.1, 0.15) is 6.42 Å². The van der Waals surface area contributed by atoms with E-state index in [0.29, 0.717) is 0 Å². The zero-order valence-electron chi connectivity index (χ0n) is 9.60. The summed E-state index contributed by atoms with van der Waals surface area (Å²) in [6.07, 6.45) is 2.61. The quantitative estimate of drug-likeness (QED) is 0.590. The number of rotatable bonds is 0. The Kier molecular flexibility index (Phi) is 2.41. The predicted octanol–water partition coefficient (Wildman–Crippen LogP) is 3.44. The molecule has 2 bridgehead atoms. The Morgan fingerprint density at radius 3 is 1.50 bits per heavy atom. The molecule has 4 rings (SSSR count). The molecule has 108 valence electrons. The molecule has 20 heavy (non-hydrogen) atoms. The minimum Gasteiger partial charge on any atom is -0.294 e. The molecule has 0 N–H and O–H groups in total. The second kappa shape index (κ2) is 3.34. The van der Waals surface area contributed by atoms with Gasteiger partial charge < -0.3 is 0 Å². The summed E-state index contributed by atoms with van der Waals surface area (Å²) in [5.74, 6) is -2.60. The first kappa shape index (κ1) is 14.4. The molecule has 3 saturated carbocycles. The third-order valence-corrected chi connectivity index (χ3v) is 10.3. The van der Waals surface area contributed by atoms with Crippen molar-refractivity contribution in [1.82, 2.24) is 0 Å². The van der Waals surface area contributed by atoms with Gasteiger partial charge in [-0.3, -0.25) is 9.59 Å². The Hall–Kier alpha value is 0.820. The predicted molar refractivity (Wildman–Crippen MR) is 79.5 cm³/mol. The van der Waals surface area contributed by atoms with Crippen LogP contribution in [0.25, 0.3) is 0 Å². The van der Waals surface area contributed by atoms with E-state index < -0.39 is 35.7 Å². The van der Waals surface area contributed by atoms with Crippen LogP contribution in [0.3, 0.4) is 0 Å². The van der Waals surface area contributed by atoms with Gasteiger partial charge in [0.1, 0.15) is 9.75 Å². The zero-order valence-corrected chi connectivity index (χ0v) is 14.1. The molecule has 0 aliphatic heterocycles. The Balaban J connectivity index is 2.08. The van der Waals surface area contributed by atoms with Crippen LogP contribution >= 0.6 is 69.6 Å². The lowest BCUT2D eigenvalue weighted by Crippen LogP contribution is -2.56. The van der Waals surface area contributed by atoms with Gasteiger partial charge in [0, 0.05) is 0 Å². The van der Waals surface area contributed by atoms with Gasteiger partial charge in [0.25, 0.3) is 0 Å². The molecule has 6 unspecified atom stereocenters. The van der Waals surface area contributed by atoms with Gasteiger partial charge >= 0.3 is 0 Å². The van der Waals surface area contributed by atoms with E-state index in [-0.39, 0.29) is 18.0 Å². The lowest BCUT2D eigenvalue weighted by molar-refractivity contribution is -0.130. The second-order valence-electron chi connectivity index (χ2n) is 5.87. The lowest BCUT2D eigenvalue weighted by Gasteiger charge is -2.40. The normalized spacial score (nSPS) is 61.5. The maximum absolute atomic E-state index is 12.3. The van der Waals surface area contributed by atoms with E-state index in [0.717, 1.165) is 0 Å². The molecule has 0 aromatic heterocycles. The van der Waals surface area contributed by atoms with Gasteiger partial charge in [0.15, 0.2) is 15.9 Å². The fourth-order valence-electron chi connectivity index (χ4n) is 4.32. The molecule has 0 saturated heterocycles. The number of carbonyl (C=O) groups is 2. The van der Waals surface area contributed by atoms with Gasteiger partial charge in [-0.2, -0.15) is 0 Å². The van der Waals surface area contributed by atoms with Crippen molar-refractivity contribution in [1.29, 1.82) is 0 Å². The largest absolute Gasteiger partial charge is 0.294 e. The minimum absolute atomic E-state index is 0.255. The number of ketones is 2. The third kappa shape index (κ3) is 0.962. The van der Waals surface area contributed by atoms with Crippen molar-refractivity contribution < 1.29 is 9.59 Å². The molecule has 0 aromatic carbocycles.